The molecule has 1 heterocycles. The summed E-state index contributed by atoms with van der Waals surface area (Å²) in [4.78, 5) is 4.29. The topological polar surface area (TPSA) is 76.8 Å². The van der Waals surface area contributed by atoms with Gasteiger partial charge in [0.2, 0.25) is 0 Å². The van der Waals surface area contributed by atoms with Crippen molar-refractivity contribution in [2.24, 2.45) is 0 Å². The second-order valence-electron chi connectivity index (χ2n) is 5.16. The summed E-state index contributed by atoms with van der Waals surface area (Å²) in [7, 11) is 1.47. The first-order valence-electron chi connectivity index (χ1n) is 7.03. The molecule has 0 saturated carbocycles. The second kappa shape index (κ2) is 6.29. The van der Waals surface area contributed by atoms with Crippen LogP contribution in [0.25, 0.3) is 22.8 Å². The number of methoxy groups -OCH3 is 1. The van der Waals surface area contributed by atoms with E-state index in [1.807, 2.05) is 0 Å². The van der Waals surface area contributed by atoms with Crippen LogP contribution in [-0.4, -0.2) is 22.3 Å². The number of nitrogen functional groups attached to an aromatic ring is 1. The number of aromatic amines is 1. The fourth-order valence-corrected chi connectivity index (χ4v) is 2.41. The SMILES string of the molecule is COc1cc(N)c(Cl)cc1-c1nc(-c2ccc(C(F)(F)F)cc2)n[nH]1. The zero-order valence-electron chi connectivity index (χ0n) is 12.9. The molecular formula is C16H12ClF3N4O. The number of alkyl halides is 3. The number of nitrogens with two attached hydrogens (primary N) is 1. The van der Waals surface area contributed by atoms with Gasteiger partial charge in [0.05, 0.1) is 28.9 Å². The standard InChI is InChI=1S/C16H12ClF3N4O/c1-25-13-7-12(21)11(17)6-10(13)15-22-14(23-24-15)8-2-4-9(5-3-8)16(18,19)20/h2-7H,21H2,1H3,(H,22,23,24). The van der Waals surface area contributed by atoms with E-state index in [-0.39, 0.29) is 5.82 Å². The van der Waals surface area contributed by atoms with Gasteiger partial charge in [0.1, 0.15) is 5.75 Å². The van der Waals surface area contributed by atoms with Gasteiger partial charge in [-0.15, -0.1) is 0 Å². The number of benzene rings is 2. The molecule has 0 fully saturated rings. The van der Waals surface area contributed by atoms with E-state index in [0.717, 1.165) is 12.1 Å². The number of ether oxygens (including phenoxy) is 1. The number of anilines is 1. The van der Waals surface area contributed by atoms with E-state index in [1.165, 1.54) is 19.2 Å². The van der Waals surface area contributed by atoms with Gasteiger partial charge in [-0.25, -0.2) is 4.98 Å². The third-order valence-corrected chi connectivity index (χ3v) is 3.86. The molecule has 0 amide bonds. The van der Waals surface area contributed by atoms with Gasteiger partial charge in [-0.2, -0.15) is 18.3 Å². The zero-order chi connectivity index (χ0) is 18.2. The molecule has 130 valence electrons. The first-order valence-corrected chi connectivity index (χ1v) is 7.41. The van der Waals surface area contributed by atoms with Gasteiger partial charge in [-0.05, 0) is 18.2 Å². The number of aromatic nitrogens is 3. The Kier molecular flexibility index (Phi) is 4.30. The van der Waals surface area contributed by atoms with Crippen LogP contribution in [0.1, 0.15) is 5.56 Å². The van der Waals surface area contributed by atoms with Crippen molar-refractivity contribution in [1.82, 2.24) is 15.2 Å². The van der Waals surface area contributed by atoms with Crippen LogP contribution in [0.3, 0.4) is 0 Å². The number of rotatable bonds is 3. The van der Waals surface area contributed by atoms with Gasteiger partial charge in [-0.1, -0.05) is 23.7 Å². The van der Waals surface area contributed by atoms with Crippen molar-refractivity contribution in [1.29, 1.82) is 0 Å². The number of halogens is 4. The molecule has 0 bridgehead atoms. The molecule has 5 nitrogen and oxygen atoms in total. The Balaban J connectivity index is 1.97. The smallest absolute Gasteiger partial charge is 0.416 e. The Labute approximate surface area is 145 Å². The molecule has 3 N–H and O–H groups in total. The van der Waals surface area contributed by atoms with Crippen LogP contribution < -0.4 is 10.5 Å². The maximum atomic E-state index is 12.6. The van der Waals surface area contributed by atoms with Crippen LogP contribution in [0.2, 0.25) is 5.02 Å². The van der Waals surface area contributed by atoms with Crippen LogP contribution >= 0.6 is 11.6 Å². The Morgan fingerprint density at radius 1 is 1.16 bits per heavy atom. The highest BCUT2D eigenvalue weighted by atomic mass is 35.5. The van der Waals surface area contributed by atoms with E-state index >= 15 is 0 Å². The fourth-order valence-electron chi connectivity index (χ4n) is 2.24. The summed E-state index contributed by atoms with van der Waals surface area (Å²) in [5.41, 5.74) is 6.33. The lowest BCUT2D eigenvalue weighted by Gasteiger charge is -2.08. The predicted molar refractivity (Wildman–Crippen MR) is 88.2 cm³/mol. The number of nitrogens with one attached hydrogen (secondary N) is 1. The number of nitrogens with zero attached hydrogens (tertiary/aromatic N) is 2. The molecule has 0 aliphatic rings. The van der Waals surface area contributed by atoms with E-state index in [2.05, 4.69) is 15.2 Å². The molecule has 2 aromatic carbocycles. The molecule has 0 aliphatic heterocycles. The van der Waals surface area contributed by atoms with Crippen molar-refractivity contribution >= 4 is 17.3 Å². The van der Waals surface area contributed by atoms with Crippen molar-refractivity contribution in [2.45, 2.75) is 6.18 Å². The lowest BCUT2D eigenvalue weighted by atomic mass is 10.1. The lowest BCUT2D eigenvalue weighted by Crippen LogP contribution is -2.04. The Bertz CT molecular complexity index is 907. The largest absolute Gasteiger partial charge is 0.496 e. The maximum Gasteiger partial charge on any atom is 0.416 e. The van der Waals surface area contributed by atoms with Gasteiger partial charge in [0.15, 0.2) is 11.6 Å². The summed E-state index contributed by atoms with van der Waals surface area (Å²) in [6.07, 6.45) is -4.39. The molecule has 0 atom stereocenters. The average molecular weight is 369 g/mol. The van der Waals surface area contributed by atoms with Crippen LogP contribution in [0.5, 0.6) is 5.75 Å². The molecule has 1 aromatic heterocycles. The molecule has 0 unspecified atom stereocenters. The summed E-state index contributed by atoms with van der Waals surface area (Å²) in [5, 5.41) is 7.08. The molecule has 3 aromatic rings. The summed E-state index contributed by atoms with van der Waals surface area (Å²) in [6, 6.07) is 7.70. The Morgan fingerprint density at radius 2 is 1.84 bits per heavy atom. The fraction of sp³-hybridized carbons (Fsp3) is 0.125. The molecule has 25 heavy (non-hydrogen) atoms. The van der Waals surface area contributed by atoms with Crippen molar-refractivity contribution in [3.63, 3.8) is 0 Å². The number of hydrogen-bond donors (Lipinski definition) is 2. The summed E-state index contributed by atoms with van der Waals surface area (Å²) in [6.45, 7) is 0. The minimum Gasteiger partial charge on any atom is -0.496 e. The van der Waals surface area contributed by atoms with Crippen molar-refractivity contribution in [3.8, 4) is 28.5 Å². The van der Waals surface area contributed by atoms with Crippen LogP contribution in [-0.2, 0) is 6.18 Å². The van der Waals surface area contributed by atoms with Gasteiger partial charge in [-0.3, -0.25) is 5.10 Å². The molecule has 3 rings (SSSR count). The highest BCUT2D eigenvalue weighted by Gasteiger charge is 2.30. The van der Waals surface area contributed by atoms with Crippen molar-refractivity contribution in [3.05, 3.63) is 47.0 Å². The normalized spacial score (nSPS) is 11.6. The Morgan fingerprint density at radius 3 is 2.44 bits per heavy atom. The minimum absolute atomic E-state index is 0.249. The molecule has 0 radical (unpaired) electrons. The minimum atomic E-state index is -4.39. The zero-order valence-corrected chi connectivity index (χ0v) is 13.6. The van der Waals surface area contributed by atoms with Crippen molar-refractivity contribution in [2.75, 3.05) is 12.8 Å². The third kappa shape index (κ3) is 3.39. The summed E-state index contributed by atoms with van der Waals surface area (Å²) >= 11 is 6.03. The van der Waals surface area contributed by atoms with E-state index in [4.69, 9.17) is 22.1 Å². The van der Waals surface area contributed by atoms with Gasteiger partial charge >= 0.3 is 6.18 Å². The molecule has 9 heteroatoms. The number of H-pyrrole nitrogens is 1. The van der Waals surface area contributed by atoms with E-state index < -0.39 is 11.7 Å². The van der Waals surface area contributed by atoms with Crippen molar-refractivity contribution < 1.29 is 17.9 Å². The highest BCUT2D eigenvalue weighted by Crippen LogP contribution is 2.35. The maximum absolute atomic E-state index is 12.6. The molecular weight excluding hydrogens is 357 g/mol. The van der Waals surface area contributed by atoms with Gasteiger partial charge in [0, 0.05) is 11.6 Å². The second-order valence-corrected chi connectivity index (χ2v) is 5.56. The van der Waals surface area contributed by atoms with E-state index in [9.17, 15) is 13.2 Å². The average Bonchev–Trinajstić information content (AvgIpc) is 3.06. The highest BCUT2D eigenvalue weighted by molar-refractivity contribution is 6.33. The first-order chi connectivity index (χ1) is 11.8. The molecule has 0 spiro atoms. The summed E-state index contributed by atoms with van der Waals surface area (Å²) < 4.78 is 43.1. The quantitative estimate of drug-likeness (QED) is 0.672. The first kappa shape index (κ1) is 17.1. The predicted octanol–water partition coefficient (Wildman–Crippen LogP) is 4.40. The van der Waals surface area contributed by atoms with E-state index in [1.54, 1.807) is 12.1 Å². The van der Waals surface area contributed by atoms with Gasteiger partial charge < -0.3 is 10.5 Å². The third-order valence-electron chi connectivity index (χ3n) is 3.53. The van der Waals surface area contributed by atoms with Crippen LogP contribution in [0.4, 0.5) is 18.9 Å². The molecule has 0 aliphatic carbocycles. The van der Waals surface area contributed by atoms with Crippen LogP contribution in [0.15, 0.2) is 36.4 Å². The molecule has 0 saturated heterocycles. The lowest BCUT2D eigenvalue weighted by molar-refractivity contribution is -0.137. The monoisotopic (exact) mass is 368 g/mol. The number of hydrogen-bond acceptors (Lipinski definition) is 4. The summed E-state index contributed by atoms with van der Waals surface area (Å²) in [5.74, 6) is 1.05. The van der Waals surface area contributed by atoms with Crippen LogP contribution in [0, 0.1) is 0 Å². The van der Waals surface area contributed by atoms with Gasteiger partial charge in [0.25, 0.3) is 0 Å². The Hall–Kier alpha value is -2.74. The van der Waals surface area contributed by atoms with E-state index in [0.29, 0.717) is 33.4 Å².